The van der Waals surface area contributed by atoms with E-state index in [1.54, 1.807) is 0 Å². The van der Waals surface area contributed by atoms with Crippen molar-refractivity contribution in [3.63, 3.8) is 0 Å². The Hall–Kier alpha value is -1.62. The van der Waals surface area contributed by atoms with Gasteiger partial charge >= 0.3 is 6.18 Å². The number of aromatic nitrogens is 1. The van der Waals surface area contributed by atoms with E-state index in [-0.39, 0.29) is 10.7 Å². The summed E-state index contributed by atoms with van der Waals surface area (Å²) in [5.74, 6) is 0. The van der Waals surface area contributed by atoms with Crippen LogP contribution in [0.5, 0.6) is 0 Å². The number of hydrogen-bond acceptors (Lipinski definition) is 1. The Bertz CT molecular complexity index is 605. The second kappa shape index (κ2) is 6.43. The summed E-state index contributed by atoms with van der Waals surface area (Å²) in [4.78, 5) is 0. The van der Waals surface area contributed by atoms with Crippen LogP contribution < -0.4 is 5.32 Å². The fourth-order valence-corrected chi connectivity index (χ4v) is 2.43. The van der Waals surface area contributed by atoms with Gasteiger partial charge in [0.15, 0.2) is 0 Å². The maximum atomic E-state index is 13.0. The summed E-state index contributed by atoms with van der Waals surface area (Å²) in [6, 6.07) is 7.54. The van der Waals surface area contributed by atoms with Crippen molar-refractivity contribution in [3.05, 3.63) is 52.8 Å². The predicted octanol–water partition coefficient (Wildman–Crippen LogP) is 5.18. The highest BCUT2D eigenvalue weighted by Crippen LogP contribution is 2.38. The van der Waals surface area contributed by atoms with Crippen LogP contribution in [0.2, 0.25) is 5.02 Å². The van der Waals surface area contributed by atoms with E-state index in [9.17, 15) is 13.2 Å². The summed E-state index contributed by atoms with van der Waals surface area (Å²) in [6.07, 6.45) is -1.56. The molecule has 21 heavy (non-hydrogen) atoms. The Kier molecular flexibility index (Phi) is 4.83. The smallest absolute Gasteiger partial charge is 0.378 e. The summed E-state index contributed by atoms with van der Waals surface area (Å²) >= 11 is 5.91. The van der Waals surface area contributed by atoms with Gasteiger partial charge in [-0.25, -0.2) is 0 Å². The molecule has 2 rings (SSSR count). The van der Waals surface area contributed by atoms with E-state index in [0.717, 1.165) is 24.7 Å². The minimum Gasteiger partial charge on any atom is -0.378 e. The SMILES string of the molecule is CCCn1cccc1CNc1c(Cl)cccc1C(F)(F)F. The average molecular weight is 317 g/mol. The number of halogens is 4. The van der Waals surface area contributed by atoms with E-state index in [2.05, 4.69) is 5.32 Å². The molecule has 2 aromatic rings. The molecule has 0 radical (unpaired) electrons. The molecule has 1 aromatic heterocycles. The number of benzene rings is 1. The van der Waals surface area contributed by atoms with Crippen molar-refractivity contribution in [1.82, 2.24) is 4.57 Å². The van der Waals surface area contributed by atoms with Gasteiger partial charge in [0.25, 0.3) is 0 Å². The minimum atomic E-state index is -4.43. The Morgan fingerprint density at radius 2 is 1.95 bits per heavy atom. The fourth-order valence-electron chi connectivity index (χ4n) is 2.19. The van der Waals surface area contributed by atoms with Gasteiger partial charge < -0.3 is 9.88 Å². The standard InChI is InChI=1S/C15H16ClF3N2/c1-2-8-21-9-4-5-11(21)10-20-14-12(15(17,18)19)6-3-7-13(14)16/h3-7,9,20H,2,8,10H2,1H3. The third kappa shape index (κ3) is 3.73. The number of anilines is 1. The fraction of sp³-hybridized carbons (Fsp3) is 0.333. The predicted molar refractivity (Wildman–Crippen MR) is 78.5 cm³/mol. The van der Waals surface area contributed by atoms with Crippen LogP contribution in [-0.4, -0.2) is 4.57 Å². The zero-order chi connectivity index (χ0) is 15.5. The van der Waals surface area contributed by atoms with Crippen LogP contribution >= 0.6 is 11.6 Å². The molecule has 0 aliphatic carbocycles. The van der Waals surface area contributed by atoms with Gasteiger partial charge in [-0.05, 0) is 30.7 Å². The van der Waals surface area contributed by atoms with Crippen molar-refractivity contribution in [2.45, 2.75) is 32.6 Å². The highest BCUT2D eigenvalue weighted by Gasteiger charge is 2.34. The molecule has 1 N–H and O–H groups in total. The zero-order valence-electron chi connectivity index (χ0n) is 11.5. The van der Waals surface area contributed by atoms with Crippen LogP contribution in [0.3, 0.4) is 0 Å². The maximum Gasteiger partial charge on any atom is 0.418 e. The number of nitrogens with one attached hydrogen (secondary N) is 1. The second-order valence-corrected chi connectivity index (χ2v) is 5.11. The van der Waals surface area contributed by atoms with E-state index in [1.807, 2.05) is 29.8 Å². The van der Waals surface area contributed by atoms with Crippen LogP contribution in [-0.2, 0) is 19.3 Å². The first-order valence-corrected chi connectivity index (χ1v) is 7.05. The molecule has 0 saturated heterocycles. The monoisotopic (exact) mass is 316 g/mol. The van der Waals surface area contributed by atoms with E-state index in [0.29, 0.717) is 6.54 Å². The van der Waals surface area contributed by atoms with E-state index < -0.39 is 11.7 Å². The molecule has 0 unspecified atom stereocenters. The Morgan fingerprint density at radius 1 is 1.19 bits per heavy atom. The molecule has 0 bridgehead atoms. The largest absolute Gasteiger partial charge is 0.418 e. The number of hydrogen-bond donors (Lipinski definition) is 1. The number of nitrogens with zero attached hydrogens (tertiary/aromatic N) is 1. The molecule has 0 atom stereocenters. The van der Waals surface area contributed by atoms with Crippen molar-refractivity contribution in [3.8, 4) is 0 Å². The lowest BCUT2D eigenvalue weighted by Gasteiger charge is -2.16. The van der Waals surface area contributed by atoms with Gasteiger partial charge in [-0.3, -0.25) is 0 Å². The Labute approximate surface area is 126 Å². The molecular formula is C15H16ClF3N2. The van der Waals surface area contributed by atoms with Crippen molar-refractivity contribution >= 4 is 17.3 Å². The summed E-state index contributed by atoms with van der Waals surface area (Å²) in [6.45, 7) is 3.17. The summed E-state index contributed by atoms with van der Waals surface area (Å²) in [7, 11) is 0. The van der Waals surface area contributed by atoms with Crippen LogP contribution in [0.15, 0.2) is 36.5 Å². The molecule has 2 nitrogen and oxygen atoms in total. The van der Waals surface area contributed by atoms with Crippen molar-refractivity contribution in [1.29, 1.82) is 0 Å². The third-order valence-electron chi connectivity index (χ3n) is 3.15. The first-order valence-electron chi connectivity index (χ1n) is 6.67. The lowest BCUT2D eigenvalue weighted by atomic mass is 10.1. The number of para-hydroxylation sites is 1. The number of rotatable bonds is 5. The molecule has 1 aromatic carbocycles. The molecule has 0 spiro atoms. The summed E-state index contributed by atoms with van der Waals surface area (Å²) < 4.78 is 41.0. The van der Waals surface area contributed by atoms with E-state index >= 15 is 0 Å². The average Bonchev–Trinajstić information content (AvgIpc) is 2.84. The number of aryl methyl sites for hydroxylation is 1. The van der Waals surface area contributed by atoms with Gasteiger partial charge in [0.05, 0.1) is 22.8 Å². The number of alkyl halides is 3. The van der Waals surface area contributed by atoms with Crippen LogP contribution in [0.25, 0.3) is 0 Å². The Balaban J connectivity index is 2.22. The molecular weight excluding hydrogens is 301 g/mol. The van der Waals surface area contributed by atoms with Crippen molar-refractivity contribution in [2.24, 2.45) is 0 Å². The van der Waals surface area contributed by atoms with Gasteiger partial charge in [0, 0.05) is 18.4 Å². The minimum absolute atomic E-state index is 0.0680. The molecule has 0 aliphatic rings. The van der Waals surface area contributed by atoms with Gasteiger partial charge in [-0.2, -0.15) is 13.2 Å². The molecule has 6 heteroatoms. The maximum absolute atomic E-state index is 13.0. The quantitative estimate of drug-likeness (QED) is 0.804. The second-order valence-electron chi connectivity index (χ2n) is 4.71. The van der Waals surface area contributed by atoms with Gasteiger partial charge in [0.1, 0.15) is 0 Å². The molecule has 0 aliphatic heterocycles. The van der Waals surface area contributed by atoms with Crippen LogP contribution in [0.4, 0.5) is 18.9 Å². The lowest BCUT2D eigenvalue weighted by molar-refractivity contribution is -0.136. The van der Waals surface area contributed by atoms with Crippen LogP contribution in [0.1, 0.15) is 24.6 Å². The van der Waals surface area contributed by atoms with Crippen molar-refractivity contribution in [2.75, 3.05) is 5.32 Å². The van der Waals surface area contributed by atoms with E-state index in [4.69, 9.17) is 11.6 Å². The summed E-state index contributed by atoms with van der Waals surface area (Å²) in [5, 5.41) is 2.88. The third-order valence-corrected chi connectivity index (χ3v) is 3.47. The first-order chi connectivity index (χ1) is 9.93. The van der Waals surface area contributed by atoms with Crippen LogP contribution in [0, 0.1) is 0 Å². The summed E-state index contributed by atoms with van der Waals surface area (Å²) in [5.41, 5.74) is 0.101. The highest BCUT2D eigenvalue weighted by molar-refractivity contribution is 6.33. The lowest BCUT2D eigenvalue weighted by Crippen LogP contribution is -2.13. The van der Waals surface area contributed by atoms with Gasteiger partial charge in [-0.15, -0.1) is 0 Å². The normalized spacial score (nSPS) is 11.7. The van der Waals surface area contributed by atoms with Crippen molar-refractivity contribution < 1.29 is 13.2 Å². The Morgan fingerprint density at radius 3 is 2.62 bits per heavy atom. The van der Waals surface area contributed by atoms with Gasteiger partial charge in [-0.1, -0.05) is 24.6 Å². The van der Waals surface area contributed by atoms with Gasteiger partial charge in [0.2, 0.25) is 0 Å². The topological polar surface area (TPSA) is 17.0 Å². The highest BCUT2D eigenvalue weighted by atomic mass is 35.5. The molecule has 0 saturated carbocycles. The molecule has 1 heterocycles. The zero-order valence-corrected chi connectivity index (χ0v) is 12.3. The van der Waals surface area contributed by atoms with E-state index in [1.165, 1.54) is 12.1 Å². The molecule has 0 amide bonds. The molecule has 0 fully saturated rings. The first kappa shape index (κ1) is 15.8. The molecule has 114 valence electrons.